The van der Waals surface area contributed by atoms with E-state index < -0.39 is 0 Å². The highest BCUT2D eigenvalue weighted by atomic mass is 16.1. The molecule has 1 aliphatic heterocycles. The van der Waals surface area contributed by atoms with Crippen molar-refractivity contribution < 1.29 is 4.79 Å². The Kier molecular flexibility index (Phi) is 5.47. The summed E-state index contributed by atoms with van der Waals surface area (Å²) in [7, 11) is 0. The fourth-order valence-electron chi connectivity index (χ4n) is 4.84. The Labute approximate surface area is 183 Å². The lowest BCUT2D eigenvalue weighted by Crippen LogP contribution is -2.46. The maximum Gasteiger partial charge on any atom is 0.151 e. The lowest BCUT2D eigenvalue weighted by Gasteiger charge is -2.42. The van der Waals surface area contributed by atoms with Crippen molar-refractivity contribution in [3.05, 3.63) is 144 Å². The third-order valence-electron chi connectivity index (χ3n) is 6.27. The molecule has 0 radical (unpaired) electrons. The summed E-state index contributed by atoms with van der Waals surface area (Å²) in [6, 6.07) is 40.9. The number of Topliss-reactive ketones (excluding diaryl/α,β-unsaturated/α-hetero) is 1. The van der Waals surface area contributed by atoms with E-state index in [2.05, 4.69) is 53.8 Å². The predicted octanol–water partition coefficient (Wildman–Crippen LogP) is 6.21. The van der Waals surface area contributed by atoms with Crippen LogP contribution < -0.4 is 5.32 Å². The van der Waals surface area contributed by atoms with Gasteiger partial charge in [0.1, 0.15) is 0 Å². The Hall–Kier alpha value is -3.49. The number of benzene rings is 4. The summed E-state index contributed by atoms with van der Waals surface area (Å²) < 4.78 is 0. The van der Waals surface area contributed by atoms with Crippen molar-refractivity contribution in [1.29, 1.82) is 0 Å². The molecule has 0 unspecified atom stereocenters. The molecule has 0 spiro atoms. The molecule has 4 aromatic carbocycles. The molecule has 1 aliphatic rings. The van der Waals surface area contributed by atoms with Gasteiger partial charge in [0.05, 0.1) is 11.8 Å². The van der Waals surface area contributed by atoms with E-state index in [0.717, 1.165) is 22.3 Å². The van der Waals surface area contributed by atoms with Gasteiger partial charge < -0.3 is 5.32 Å². The smallest absolute Gasteiger partial charge is 0.151 e. The molecule has 31 heavy (non-hydrogen) atoms. The van der Waals surface area contributed by atoms with Gasteiger partial charge in [0.25, 0.3) is 0 Å². The van der Waals surface area contributed by atoms with Crippen molar-refractivity contribution in [2.45, 2.75) is 23.9 Å². The maximum atomic E-state index is 14.3. The second-order valence-electron chi connectivity index (χ2n) is 8.12. The highest BCUT2D eigenvalue weighted by Crippen LogP contribution is 2.47. The van der Waals surface area contributed by atoms with Crippen LogP contribution in [0, 0.1) is 0 Å². The Morgan fingerprint density at radius 1 is 0.419 bits per heavy atom. The minimum absolute atomic E-state index is 0.0960. The zero-order valence-corrected chi connectivity index (χ0v) is 17.3. The predicted molar refractivity (Wildman–Crippen MR) is 125 cm³/mol. The van der Waals surface area contributed by atoms with Gasteiger partial charge >= 0.3 is 0 Å². The lowest BCUT2D eigenvalue weighted by atomic mass is 9.70. The first-order valence-electron chi connectivity index (χ1n) is 10.8. The van der Waals surface area contributed by atoms with Crippen LogP contribution in [-0.4, -0.2) is 5.78 Å². The molecule has 152 valence electrons. The summed E-state index contributed by atoms with van der Waals surface area (Å²) in [5.41, 5.74) is 4.39. The van der Waals surface area contributed by atoms with Crippen LogP contribution >= 0.6 is 0 Å². The summed E-state index contributed by atoms with van der Waals surface area (Å²) in [4.78, 5) is 14.3. The van der Waals surface area contributed by atoms with Crippen molar-refractivity contribution in [2.24, 2.45) is 0 Å². The maximum absolute atomic E-state index is 14.3. The van der Waals surface area contributed by atoms with E-state index in [4.69, 9.17) is 0 Å². The lowest BCUT2D eigenvalue weighted by molar-refractivity contribution is -0.125. The second-order valence-corrected chi connectivity index (χ2v) is 8.12. The SMILES string of the molecule is O=C1[C@H](c2ccccc2)[C@H](c2ccccc2)N[C@@H](c2ccccc2)[C@H]1c1ccccc1. The normalized spacial score (nSPS) is 23.4. The number of ketones is 1. The van der Waals surface area contributed by atoms with Crippen LogP contribution in [0.2, 0.25) is 0 Å². The van der Waals surface area contributed by atoms with Gasteiger partial charge in [0, 0.05) is 12.1 Å². The number of piperidine rings is 1. The number of hydrogen-bond acceptors (Lipinski definition) is 2. The Morgan fingerprint density at radius 3 is 1.03 bits per heavy atom. The second kappa shape index (κ2) is 8.71. The standard InChI is InChI=1S/C29H25NO/c31-29-25(21-13-5-1-6-14-21)27(23-17-9-3-10-18-23)30-28(24-19-11-4-12-20-24)26(29)22-15-7-2-8-16-22/h1-20,25-28,30H/t25-,26-,27+,28+/m1/s1. The molecular formula is C29H25NO. The monoisotopic (exact) mass is 403 g/mol. The van der Waals surface area contributed by atoms with E-state index in [1.807, 2.05) is 72.8 Å². The minimum atomic E-state index is -0.256. The van der Waals surface area contributed by atoms with Gasteiger partial charge in [0.2, 0.25) is 0 Å². The van der Waals surface area contributed by atoms with Crippen molar-refractivity contribution >= 4 is 5.78 Å². The van der Waals surface area contributed by atoms with Crippen molar-refractivity contribution in [3.63, 3.8) is 0 Å². The molecule has 1 saturated heterocycles. The zero-order valence-electron chi connectivity index (χ0n) is 17.3. The van der Waals surface area contributed by atoms with Crippen LogP contribution in [0.4, 0.5) is 0 Å². The van der Waals surface area contributed by atoms with Gasteiger partial charge in [-0.1, -0.05) is 121 Å². The largest absolute Gasteiger partial charge is 0.301 e. The van der Waals surface area contributed by atoms with Crippen LogP contribution in [0.15, 0.2) is 121 Å². The molecule has 5 rings (SSSR count). The summed E-state index contributed by atoms with van der Waals surface area (Å²) in [5, 5.41) is 3.89. The van der Waals surface area contributed by atoms with Crippen LogP contribution in [0.3, 0.4) is 0 Å². The van der Waals surface area contributed by atoms with E-state index in [0.29, 0.717) is 0 Å². The molecule has 1 N–H and O–H groups in total. The average molecular weight is 404 g/mol. The van der Waals surface area contributed by atoms with Gasteiger partial charge in [-0.3, -0.25) is 4.79 Å². The van der Waals surface area contributed by atoms with Gasteiger partial charge in [-0.25, -0.2) is 0 Å². The number of carbonyl (C=O) groups excluding carboxylic acids is 1. The van der Waals surface area contributed by atoms with E-state index >= 15 is 0 Å². The fourth-order valence-corrected chi connectivity index (χ4v) is 4.84. The average Bonchev–Trinajstić information content (AvgIpc) is 2.85. The summed E-state index contributed by atoms with van der Waals surface area (Å²) in [6.07, 6.45) is 0. The van der Waals surface area contributed by atoms with Gasteiger partial charge in [-0.2, -0.15) is 0 Å². The molecule has 0 aromatic heterocycles. The molecule has 0 bridgehead atoms. The molecule has 0 aliphatic carbocycles. The topological polar surface area (TPSA) is 29.1 Å². The quantitative estimate of drug-likeness (QED) is 0.439. The molecule has 1 heterocycles. The Bertz CT molecular complexity index is 1040. The van der Waals surface area contributed by atoms with E-state index in [-0.39, 0.29) is 29.7 Å². The third-order valence-corrected chi connectivity index (χ3v) is 6.27. The fraction of sp³-hybridized carbons (Fsp3) is 0.138. The highest BCUT2D eigenvalue weighted by Gasteiger charge is 2.45. The number of hydrogen-bond donors (Lipinski definition) is 1. The Balaban J connectivity index is 1.67. The van der Waals surface area contributed by atoms with Crippen LogP contribution in [-0.2, 0) is 4.79 Å². The van der Waals surface area contributed by atoms with Crippen molar-refractivity contribution in [2.75, 3.05) is 0 Å². The zero-order chi connectivity index (χ0) is 21.0. The van der Waals surface area contributed by atoms with Crippen molar-refractivity contribution in [3.8, 4) is 0 Å². The summed E-state index contributed by atoms with van der Waals surface area (Å²) in [5.74, 6) is -0.249. The first-order chi connectivity index (χ1) is 15.3. The minimum Gasteiger partial charge on any atom is -0.301 e. The van der Waals surface area contributed by atoms with E-state index in [1.165, 1.54) is 0 Å². The van der Waals surface area contributed by atoms with Gasteiger partial charge in [0.15, 0.2) is 5.78 Å². The van der Waals surface area contributed by atoms with Crippen LogP contribution in [0.25, 0.3) is 0 Å². The molecular weight excluding hydrogens is 378 g/mol. The number of carbonyl (C=O) groups is 1. The number of rotatable bonds is 4. The van der Waals surface area contributed by atoms with E-state index in [1.54, 1.807) is 0 Å². The van der Waals surface area contributed by atoms with Gasteiger partial charge in [-0.05, 0) is 22.3 Å². The molecule has 0 saturated carbocycles. The van der Waals surface area contributed by atoms with Crippen LogP contribution in [0.1, 0.15) is 46.2 Å². The Morgan fingerprint density at radius 2 is 0.710 bits per heavy atom. The molecule has 4 atom stereocenters. The molecule has 2 heteroatoms. The van der Waals surface area contributed by atoms with Crippen molar-refractivity contribution in [1.82, 2.24) is 5.32 Å². The first-order valence-corrected chi connectivity index (χ1v) is 10.8. The molecule has 4 aromatic rings. The van der Waals surface area contributed by atoms with E-state index in [9.17, 15) is 4.79 Å². The number of nitrogens with one attached hydrogen (secondary N) is 1. The van der Waals surface area contributed by atoms with Crippen LogP contribution in [0.5, 0.6) is 0 Å². The highest BCUT2D eigenvalue weighted by molar-refractivity contribution is 5.94. The molecule has 1 fully saturated rings. The summed E-state index contributed by atoms with van der Waals surface area (Å²) >= 11 is 0. The summed E-state index contributed by atoms with van der Waals surface area (Å²) in [6.45, 7) is 0. The van der Waals surface area contributed by atoms with Gasteiger partial charge in [-0.15, -0.1) is 0 Å². The first kappa shape index (κ1) is 19.5. The third kappa shape index (κ3) is 3.83. The molecule has 2 nitrogen and oxygen atoms in total. The molecule has 0 amide bonds.